The van der Waals surface area contributed by atoms with E-state index in [1.807, 2.05) is 18.2 Å². The van der Waals surface area contributed by atoms with Crippen molar-refractivity contribution in [1.82, 2.24) is 0 Å². The van der Waals surface area contributed by atoms with Gasteiger partial charge in [-0.2, -0.15) is 0 Å². The lowest BCUT2D eigenvalue weighted by molar-refractivity contribution is -0.139. The number of fused-ring (bicyclic) bond motifs is 2. The Morgan fingerprint density at radius 2 is 1.73 bits per heavy atom. The standard InChI is InChI=1S/C21H18FNO3/c22-15-5-1-14-10-16(7-3-13(14)9-15)26-17-6-2-12-4-8-19(23)20(21(24)25)18(12)11-17/h1-3,5-7,9-11,19-20H,4,8,23H2,(H,24,25). The maximum atomic E-state index is 13.3. The average molecular weight is 351 g/mol. The van der Waals surface area contributed by atoms with E-state index in [1.54, 1.807) is 24.3 Å². The van der Waals surface area contributed by atoms with Crippen molar-refractivity contribution in [1.29, 1.82) is 0 Å². The molecule has 132 valence electrons. The summed E-state index contributed by atoms with van der Waals surface area (Å²) in [7, 11) is 0. The van der Waals surface area contributed by atoms with Crippen LogP contribution in [0.1, 0.15) is 23.5 Å². The molecule has 3 N–H and O–H groups in total. The lowest BCUT2D eigenvalue weighted by atomic mass is 9.79. The highest BCUT2D eigenvalue weighted by molar-refractivity contribution is 5.84. The van der Waals surface area contributed by atoms with Gasteiger partial charge < -0.3 is 15.6 Å². The number of aryl methyl sites for hydroxylation is 1. The first-order valence-electron chi connectivity index (χ1n) is 8.49. The molecule has 0 saturated carbocycles. The lowest BCUT2D eigenvalue weighted by Crippen LogP contribution is -2.37. The summed E-state index contributed by atoms with van der Waals surface area (Å²) in [6, 6.07) is 15.1. The van der Waals surface area contributed by atoms with Crippen LogP contribution in [0.25, 0.3) is 10.8 Å². The Morgan fingerprint density at radius 1 is 1.04 bits per heavy atom. The van der Waals surface area contributed by atoms with Crippen molar-refractivity contribution < 1.29 is 19.0 Å². The topological polar surface area (TPSA) is 72.5 Å². The molecule has 26 heavy (non-hydrogen) atoms. The van der Waals surface area contributed by atoms with Crippen LogP contribution in [0.2, 0.25) is 0 Å². The number of carbonyl (C=O) groups is 1. The number of benzene rings is 3. The van der Waals surface area contributed by atoms with Gasteiger partial charge in [-0.1, -0.05) is 18.2 Å². The molecule has 0 amide bonds. The van der Waals surface area contributed by atoms with Gasteiger partial charge in [-0.05, 0) is 71.1 Å². The number of carboxylic acid groups (broad SMARTS) is 1. The molecule has 0 radical (unpaired) electrons. The van der Waals surface area contributed by atoms with Crippen molar-refractivity contribution in [2.24, 2.45) is 5.73 Å². The molecule has 0 aromatic heterocycles. The third kappa shape index (κ3) is 3.02. The van der Waals surface area contributed by atoms with Gasteiger partial charge in [-0.15, -0.1) is 0 Å². The first-order chi connectivity index (χ1) is 12.5. The minimum atomic E-state index is -0.914. The van der Waals surface area contributed by atoms with E-state index in [4.69, 9.17) is 10.5 Å². The summed E-state index contributed by atoms with van der Waals surface area (Å²) in [4.78, 5) is 11.6. The Bertz CT molecular complexity index is 1000. The van der Waals surface area contributed by atoms with Crippen LogP contribution in [0.5, 0.6) is 11.5 Å². The first-order valence-corrected chi connectivity index (χ1v) is 8.49. The van der Waals surface area contributed by atoms with Crippen LogP contribution in [-0.4, -0.2) is 17.1 Å². The van der Waals surface area contributed by atoms with Crippen molar-refractivity contribution in [3.63, 3.8) is 0 Å². The molecule has 0 heterocycles. The Kier molecular flexibility index (Phi) is 4.09. The smallest absolute Gasteiger partial charge is 0.312 e. The summed E-state index contributed by atoms with van der Waals surface area (Å²) in [6.07, 6.45) is 1.42. The number of hydrogen-bond donors (Lipinski definition) is 2. The van der Waals surface area contributed by atoms with Crippen LogP contribution in [0.15, 0.2) is 54.6 Å². The highest BCUT2D eigenvalue weighted by Gasteiger charge is 2.33. The van der Waals surface area contributed by atoms with Crippen molar-refractivity contribution in [3.05, 3.63) is 71.5 Å². The zero-order chi connectivity index (χ0) is 18.3. The number of ether oxygens (including phenoxy) is 1. The molecular weight excluding hydrogens is 333 g/mol. The molecule has 1 aliphatic rings. The fraction of sp³-hybridized carbons (Fsp3) is 0.190. The lowest BCUT2D eigenvalue weighted by Gasteiger charge is -2.28. The molecule has 2 unspecified atom stereocenters. The average Bonchev–Trinajstić information content (AvgIpc) is 2.61. The van der Waals surface area contributed by atoms with E-state index < -0.39 is 17.9 Å². The maximum Gasteiger partial charge on any atom is 0.312 e. The molecule has 4 rings (SSSR count). The van der Waals surface area contributed by atoms with Crippen LogP contribution in [-0.2, 0) is 11.2 Å². The third-order valence-corrected chi connectivity index (χ3v) is 4.90. The summed E-state index contributed by atoms with van der Waals surface area (Å²) in [6.45, 7) is 0. The van der Waals surface area contributed by atoms with Crippen LogP contribution < -0.4 is 10.5 Å². The second-order valence-corrected chi connectivity index (χ2v) is 6.63. The maximum absolute atomic E-state index is 13.3. The van der Waals surface area contributed by atoms with Gasteiger partial charge in [0.05, 0.1) is 5.92 Å². The fourth-order valence-electron chi connectivity index (χ4n) is 3.58. The molecule has 3 aromatic carbocycles. The van der Waals surface area contributed by atoms with Crippen LogP contribution in [0.4, 0.5) is 4.39 Å². The molecule has 4 nitrogen and oxygen atoms in total. The number of hydrogen-bond acceptors (Lipinski definition) is 3. The molecule has 0 fully saturated rings. The third-order valence-electron chi connectivity index (χ3n) is 4.90. The fourth-order valence-corrected chi connectivity index (χ4v) is 3.58. The quantitative estimate of drug-likeness (QED) is 0.741. The van der Waals surface area contributed by atoms with Crippen molar-refractivity contribution >= 4 is 16.7 Å². The molecular formula is C21H18FNO3. The van der Waals surface area contributed by atoms with E-state index >= 15 is 0 Å². The van der Waals surface area contributed by atoms with Gasteiger partial charge in [0.15, 0.2) is 0 Å². The van der Waals surface area contributed by atoms with Crippen molar-refractivity contribution in [2.75, 3.05) is 0 Å². The number of rotatable bonds is 3. The summed E-state index contributed by atoms with van der Waals surface area (Å²) in [5.41, 5.74) is 7.74. The van der Waals surface area contributed by atoms with Gasteiger partial charge in [0.1, 0.15) is 17.3 Å². The molecule has 3 aromatic rings. The monoisotopic (exact) mass is 351 g/mol. The molecule has 2 atom stereocenters. The summed E-state index contributed by atoms with van der Waals surface area (Å²) in [5, 5.41) is 11.2. The van der Waals surface area contributed by atoms with Gasteiger partial charge in [-0.25, -0.2) is 4.39 Å². The van der Waals surface area contributed by atoms with Gasteiger partial charge in [0.2, 0.25) is 0 Å². The summed E-state index contributed by atoms with van der Waals surface area (Å²) >= 11 is 0. The Labute approximate surface area is 150 Å². The number of carboxylic acids is 1. The van der Waals surface area contributed by atoms with Crippen molar-refractivity contribution in [2.45, 2.75) is 24.8 Å². The predicted molar refractivity (Wildman–Crippen MR) is 97.1 cm³/mol. The molecule has 0 spiro atoms. The molecule has 0 saturated heterocycles. The van der Waals surface area contributed by atoms with Crippen molar-refractivity contribution in [3.8, 4) is 11.5 Å². The molecule has 0 bridgehead atoms. The minimum absolute atomic E-state index is 0.281. The van der Waals surface area contributed by atoms with Gasteiger partial charge >= 0.3 is 5.97 Å². The Morgan fingerprint density at radius 3 is 2.54 bits per heavy atom. The minimum Gasteiger partial charge on any atom is -0.481 e. The first kappa shape index (κ1) is 16.5. The second kappa shape index (κ2) is 6.42. The summed E-state index contributed by atoms with van der Waals surface area (Å²) in [5.74, 6) is -0.747. The second-order valence-electron chi connectivity index (χ2n) is 6.63. The Hall–Kier alpha value is -2.92. The highest BCUT2D eigenvalue weighted by Crippen LogP contribution is 2.35. The number of nitrogens with two attached hydrogens (primary N) is 1. The largest absolute Gasteiger partial charge is 0.481 e. The van der Waals surface area contributed by atoms with Crippen LogP contribution in [0, 0.1) is 5.82 Å². The molecule has 0 aliphatic heterocycles. The van der Waals surface area contributed by atoms with Gasteiger partial charge in [0.25, 0.3) is 0 Å². The molecule has 5 heteroatoms. The zero-order valence-corrected chi connectivity index (χ0v) is 14.0. The predicted octanol–water partition coefficient (Wildman–Crippen LogP) is 4.21. The van der Waals surface area contributed by atoms with E-state index in [0.29, 0.717) is 17.9 Å². The SMILES string of the molecule is NC1CCc2ccc(Oc3ccc4cc(F)ccc4c3)cc2C1C(=O)O. The Balaban J connectivity index is 1.67. The number of halogens is 1. The molecule has 1 aliphatic carbocycles. The summed E-state index contributed by atoms with van der Waals surface area (Å²) < 4.78 is 19.2. The van der Waals surface area contributed by atoms with Gasteiger partial charge in [-0.3, -0.25) is 4.79 Å². The van der Waals surface area contributed by atoms with E-state index in [-0.39, 0.29) is 5.82 Å². The highest BCUT2D eigenvalue weighted by atomic mass is 19.1. The van der Waals surface area contributed by atoms with E-state index in [1.165, 1.54) is 12.1 Å². The van der Waals surface area contributed by atoms with Crippen LogP contribution in [0.3, 0.4) is 0 Å². The van der Waals surface area contributed by atoms with Crippen LogP contribution >= 0.6 is 0 Å². The van der Waals surface area contributed by atoms with Gasteiger partial charge in [0, 0.05) is 6.04 Å². The van der Waals surface area contributed by atoms with E-state index in [9.17, 15) is 14.3 Å². The zero-order valence-electron chi connectivity index (χ0n) is 14.0. The van der Waals surface area contributed by atoms with E-state index in [0.717, 1.165) is 28.3 Å². The normalized spacial score (nSPS) is 19.2. The number of aliphatic carboxylic acids is 1. The van der Waals surface area contributed by atoms with E-state index in [2.05, 4.69) is 0 Å².